The largest absolute Gasteiger partial charge is 0.481 e. The number of halogens is 2. The molecule has 7 rings (SSSR count). The number of fused-ring (bicyclic) bond motifs is 5. The Kier molecular flexibility index (Phi) is 5.91. The molecule has 35 heavy (non-hydrogen) atoms. The van der Waals surface area contributed by atoms with E-state index in [0.29, 0.717) is 28.5 Å². The Balaban J connectivity index is 0.000000192. The molecule has 0 saturated heterocycles. The molecule has 0 amide bonds. The number of aromatic amines is 1. The fourth-order valence-corrected chi connectivity index (χ4v) is 5.60. The van der Waals surface area contributed by atoms with Crippen LogP contribution in [-0.2, 0) is 4.79 Å². The number of aliphatic carboxylic acids is 1. The number of hydrogen-bond acceptors (Lipinski definition) is 4. The number of rotatable bonds is 2. The van der Waals surface area contributed by atoms with Crippen molar-refractivity contribution in [2.75, 3.05) is 5.73 Å². The van der Waals surface area contributed by atoms with Crippen molar-refractivity contribution in [3.8, 4) is 11.4 Å². The van der Waals surface area contributed by atoms with E-state index in [2.05, 4.69) is 15.0 Å². The van der Waals surface area contributed by atoms with Crippen LogP contribution in [0.25, 0.3) is 33.2 Å². The number of carboxylic acids is 1. The van der Waals surface area contributed by atoms with Crippen molar-refractivity contribution >= 4 is 33.6 Å². The van der Waals surface area contributed by atoms with E-state index in [1.807, 2.05) is 26.0 Å². The smallest absolute Gasteiger partial charge is 0.306 e. The van der Waals surface area contributed by atoms with Gasteiger partial charge in [-0.1, -0.05) is 18.9 Å². The van der Waals surface area contributed by atoms with Gasteiger partial charge in [0.1, 0.15) is 17.5 Å². The summed E-state index contributed by atoms with van der Waals surface area (Å²) in [7, 11) is 0. The lowest BCUT2D eigenvalue weighted by molar-refractivity contribution is -0.147. The molecule has 182 valence electrons. The van der Waals surface area contributed by atoms with Gasteiger partial charge in [-0.15, -0.1) is 0 Å². The summed E-state index contributed by atoms with van der Waals surface area (Å²) in [6, 6.07) is 5.95. The van der Waals surface area contributed by atoms with E-state index < -0.39 is 17.6 Å². The van der Waals surface area contributed by atoms with Crippen molar-refractivity contribution in [2.45, 2.75) is 46.0 Å². The van der Waals surface area contributed by atoms with Crippen molar-refractivity contribution in [1.29, 1.82) is 0 Å². The summed E-state index contributed by atoms with van der Waals surface area (Å²) in [6.45, 7) is 3.95. The Morgan fingerprint density at radius 1 is 1.09 bits per heavy atom. The molecule has 6 nitrogen and oxygen atoms in total. The van der Waals surface area contributed by atoms with Crippen LogP contribution in [0.1, 0.15) is 43.2 Å². The van der Waals surface area contributed by atoms with Crippen LogP contribution >= 0.6 is 0 Å². The van der Waals surface area contributed by atoms with Gasteiger partial charge in [-0.25, -0.2) is 18.7 Å². The zero-order chi connectivity index (χ0) is 24.9. The second-order valence-electron chi connectivity index (χ2n) is 9.81. The van der Waals surface area contributed by atoms with Gasteiger partial charge in [-0.2, -0.15) is 0 Å². The first-order chi connectivity index (χ1) is 16.7. The summed E-state index contributed by atoms with van der Waals surface area (Å²) in [5.41, 5.74) is 9.63. The summed E-state index contributed by atoms with van der Waals surface area (Å²) in [6.07, 6.45) is 7.44. The predicted molar refractivity (Wildman–Crippen MR) is 132 cm³/mol. The topological polar surface area (TPSA) is 105 Å². The summed E-state index contributed by atoms with van der Waals surface area (Å²) in [5.74, 6) is 0.0634. The van der Waals surface area contributed by atoms with E-state index in [1.165, 1.54) is 31.7 Å². The third kappa shape index (κ3) is 4.22. The van der Waals surface area contributed by atoms with Gasteiger partial charge in [0.05, 0.1) is 17.0 Å². The monoisotopic (exact) mass is 478 g/mol. The molecule has 2 bridgehead atoms. The van der Waals surface area contributed by atoms with Crippen molar-refractivity contribution in [2.24, 2.45) is 17.8 Å². The molecule has 4 N–H and O–H groups in total. The van der Waals surface area contributed by atoms with Crippen LogP contribution in [-0.4, -0.2) is 26.0 Å². The highest BCUT2D eigenvalue weighted by Crippen LogP contribution is 2.44. The minimum Gasteiger partial charge on any atom is -0.481 e. The quantitative estimate of drug-likeness (QED) is 0.320. The standard InChI is InChI=1S/C18H14F2N4.C9H14O2/c1-8-3-4-11-15(9(8)2)23-18(24-17(11)21)13-7-22-16-12(13)5-10(19)6-14(16)20;10-9(11)8-5-6-1-3-7(8)4-2-6/h3-7,22H,1-2H3,(H2,21,23,24);6-8H,1-5H2,(H,10,11). The van der Waals surface area contributed by atoms with E-state index in [4.69, 9.17) is 10.8 Å². The number of nitrogens with two attached hydrogens (primary N) is 1. The average molecular weight is 479 g/mol. The van der Waals surface area contributed by atoms with Crippen molar-refractivity contribution in [3.63, 3.8) is 0 Å². The summed E-state index contributed by atoms with van der Waals surface area (Å²) in [4.78, 5) is 22.5. The van der Waals surface area contributed by atoms with E-state index in [9.17, 15) is 13.6 Å². The van der Waals surface area contributed by atoms with Crippen LogP contribution in [0, 0.1) is 43.2 Å². The molecule has 0 aliphatic heterocycles. The third-order valence-corrected chi connectivity index (χ3v) is 7.73. The van der Waals surface area contributed by atoms with Crippen LogP contribution < -0.4 is 5.73 Å². The zero-order valence-electron chi connectivity index (χ0n) is 19.7. The second kappa shape index (κ2) is 8.91. The molecule has 2 heterocycles. The van der Waals surface area contributed by atoms with E-state index in [1.54, 1.807) is 6.20 Å². The molecular weight excluding hydrogens is 450 g/mol. The number of anilines is 1. The van der Waals surface area contributed by atoms with Crippen LogP contribution in [0.4, 0.5) is 14.6 Å². The highest BCUT2D eigenvalue weighted by atomic mass is 19.1. The van der Waals surface area contributed by atoms with Gasteiger partial charge in [-0.05, 0) is 68.2 Å². The number of H-pyrrole nitrogens is 1. The average Bonchev–Trinajstić information content (AvgIpc) is 3.27. The molecule has 8 heteroatoms. The zero-order valence-corrected chi connectivity index (χ0v) is 19.7. The lowest BCUT2D eigenvalue weighted by atomic mass is 9.65. The number of nitrogens with one attached hydrogen (secondary N) is 1. The molecule has 3 fully saturated rings. The predicted octanol–water partition coefficient (Wildman–Crippen LogP) is 6.15. The Hall–Kier alpha value is -3.55. The Bertz CT molecular complexity index is 1440. The minimum atomic E-state index is -0.656. The molecule has 2 aromatic heterocycles. The molecule has 3 aliphatic carbocycles. The number of benzene rings is 2. The van der Waals surface area contributed by atoms with Gasteiger partial charge in [-0.3, -0.25) is 4.79 Å². The maximum absolute atomic E-state index is 13.9. The number of carbonyl (C=O) groups is 1. The summed E-state index contributed by atoms with van der Waals surface area (Å²) < 4.78 is 27.5. The van der Waals surface area contributed by atoms with Gasteiger partial charge in [0.2, 0.25) is 0 Å². The van der Waals surface area contributed by atoms with Crippen LogP contribution in [0.15, 0.2) is 30.5 Å². The number of carboxylic acid groups (broad SMARTS) is 1. The second-order valence-corrected chi connectivity index (χ2v) is 9.81. The lowest BCUT2D eigenvalue weighted by Crippen LogP contribution is -2.35. The van der Waals surface area contributed by atoms with Gasteiger partial charge < -0.3 is 15.8 Å². The van der Waals surface area contributed by atoms with Crippen LogP contribution in [0.3, 0.4) is 0 Å². The Labute approximate surface area is 201 Å². The van der Waals surface area contributed by atoms with Gasteiger partial charge >= 0.3 is 5.97 Å². The molecule has 2 aromatic carbocycles. The number of aromatic nitrogens is 3. The number of nitrogen functional groups attached to an aromatic ring is 1. The van der Waals surface area contributed by atoms with Crippen molar-refractivity contribution < 1.29 is 18.7 Å². The molecule has 3 saturated carbocycles. The van der Waals surface area contributed by atoms with Gasteiger partial charge in [0.15, 0.2) is 5.82 Å². The van der Waals surface area contributed by atoms with Gasteiger partial charge in [0.25, 0.3) is 0 Å². The summed E-state index contributed by atoms with van der Waals surface area (Å²) in [5, 5.41) is 10.0. The molecule has 3 aliphatic rings. The van der Waals surface area contributed by atoms with E-state index in [0.717, 1.165) is 40.4 Å². The van der Waals surface area contributed by atoms with E-state index in [-0.39, 0.29) is 11.4 Å². The van der Waals surface area contributed by atoms with Crippen LogP contribution in [0.2, 0.25) is 0 Å². The number of hydrogen-bond donors (Lipinski definition) is 3. The first-order valence-corrected chi connectivity index (χ1v) is 12.0. The molecule has 0 spiro atoms. The van der Waals surface area contributed by atoms with Gasteiger partial charge in [0, 0.05) is 28.6 Å². The molecule has 1 unspecified atom stereocenters. The number of nitrogens with zero attached hydrogens (tertiary/aromatic N) is 2. The normalized spacial score (nSPS) is 21.2. The molecule has 1 atom stereocenters. The third-order valence-electron chi connectivity index (χ3n) is 7.73. The fourth-order valence-electron chi connectivity index (χ4n) is 5.60. The highest BCUT2D eigenvalue weighted by molar-refractivity contribution is 5.97. The molecule has 4 aromatic rings. The minimum absolute atomic E-state index is 0.00231. The maximum atomic E-state index is 13.9. The van der Waals surface area contributed by atoms with Crippen LogP contribution in [0.5, 0.6) is 0 Å². The van der Waals surface area contributed by atoms with Crippen molar-refractivity contribution in [3.05, 3.63) is 53.2 Å². The Morgan fingerprint density at radius 3 is 2.46 bits per heavy atom. The van der Waals surface area contributed by atoms with Crippen molar-refractivity contribution in [1.82, 2.24) is 15.0 Å². The van der Waals surface area contributed by atoms with E-state index >= 15 is 0 Å². The fraction of sp³-hybridized carbons (Fsp3) is 0.370. The maximum Gasteiger partial charge on any atom is 0.306 e. The lowest BCUT2D eigenvalue weighted by Gasteiger charge is -2.40. The first-order valence-electron chi connectivity index (χ1n) is 12.0. The highest BCUT2D eigenvalue weighted by Gasteiger charge is 2.39. The number of aryl methyl sites for hydroxylation is 2. The summed E-state index contributed by atoms with van der Waals surface area (Å²) >= 11 is 0. The first kappa shape index (κ1) is 23.2. The Morgan fingerprint density at radius 2 is 1.83 bits per heavy atom. The SMILES string of the molecule is Cc1ccc2c(N)nc(-c3c[nH]c4c(F)cc(F)cc34)nc2c1C.O=C(O)C1CC2CCC1CC2. The molecular formula is C27H28F2N4O2. The molecule has 0 radical (unpaired) electrons.